The number of hydrogen-bond donors (Lipinski definition) is 2. The highest BCUT2D eigenvalue weighted by Crippen LogP contribution is 2.35. The van der Waals surface area contributed by atoms with Crippen molar-refractivity contribution in [3.8, 4) is 22.4 Å². The molecule has 0 atom stereocenters. The summed E-state index contributed by atoms with van der Waals surface area (Å²) in [5, 5.41) is 0. The summed E-state index contributed by atoms with van der Waals surface area (Å²) in [6, 6.07) is 16.5. The zero-order chi connectivity index (χ0) is 20.0. The molecule has 6 heteroatoms. The van der Waals surface area contributed by atoms with Gasteiger partial charge in [0.15, 0.2) is 0 Å². The van der Waals surface area contributed by atoms with Gasteiger partial charge in [-0.25, -0.2) is 0 Å². The monoisotopic (exact) mass is 396 g/mol. The third-order valence-corrected chi connectivity index (χ3v) is 5.61. The van der Waals surface area contributed by atoms with Gasteiger partial charge in [0.05, 0.1) is 5.69 Å². The third-order valence-electron chi connectivity index (χ3n) is 4.71. The van der Waals surface area contributed by atoms with Gasteiger partial charge in [0.2, 0.25) is 0 Å². The maximum Gasteiger partial charge on any atom is 0.325 e. The molecule has 2 N–H and O–H groups in total. The van der Waals surface area contributed by atoms with E-state index in [0.717, 1.165) is 34.5 Å². The first kappa shape index (κ1) is 20.4. The number of rotatable bonds is 8. The lowest BCUT2D eigenvalue weighted by molar-refractivity contribution is 0.371. The molecular weight excluding hydrogens is 371 g/mol. The largest absolute Gasteiger partial charge is 0.325 e. The van der Waals surface area contributed by atoms with Gasteiger partial charge in [0, 0.05) is 35.4 Å². The third kappa shape index (κ3) is 5.59. The molecule has 146 valence electrons. The van der Waals surface area contributed by atoms with Crippen LogP contribution >= 0.6 is 7.60 Å². The first-order valence-corrected chi connectivity index (χ1v) is 11.3. The molecule has 3 rings (SSSR count). The molecule has 0 bridgehead atoms. The van der Waals surface area contributed by atoms with Crippen LogP contribution in [0.2, 0.25) is 0 Å². The average molecular weight is 396 g/mol. The minimum Gasteiger partial charge on any atom is -0.324 e. The van der Waals surface area contributed by atoms with Gasteiger partial charge in [-0.05, 0) is 55.0 Å². The Hall–Kier alpha value is -2.33. The summed E-state index contributed by atoms with van der Waals surface area (Å²) in [7, 11) is -3.93. The van der Waals surface area contributed by atoms with Gasteiger partial charge in [0.1, 0.15) is 0 Å². The molecule has 0 aliphatic rings. The standard InChI is InChI=1S/C22H25N2O3P/c1-2-17-6-8-18(9-7-17)21-11-10-20(5-3-4-16-28(25,26)27)24-22(21)19-12-14-23-15-13-19/h6-15H,2-5,16H2,1H3,(H2,25,26,27). The number of nitrogens with zero attached hydrogens (tertiary/aromatic N) is 2. The van der Waals surface area contributed by atoms with Crippen molar-refractivity contribution >= 4 is 7.60 Å². The van der Waals surface area contributed by atoms with Gasteiger partial charge < -0.3 is 9.79 Å². The highest BCUT2D eigenvalue weighted by Gasteiger charge is 2.13. The zero-order valence-electron chi connectivity index (χ0n) is 16.0. The summed E-state index contributed by atoms with van der Waals surface area (Å²) in [5.74, 6) is 0. The molecule has 0 spiro atoms. The average Bonchev–Trinajstić information content (AvgIpc) is 2.71. The van der Waals surface area contributed by atoms with Gasteiger partial charge >= 0.3 is 7.60 Å². The van der Waals surface area contributed by atoms with Crippen LogP contribution in [0.1, 0.15) is 31.0 Å². The molecule has 0 saturated heterocycles. The van der Waals surface area contributed by atoms with Gasteiger partial charge in [-0.15, -0.1) is 0 Å². The number of hydrogen-bond acceptors (Lipinski definition) is 3. The predicted molar refractivity (Wildman–Crippen MR) is 112 cm³/mol. The smallest absolute Gasteiger partial charge is 0.324 e. The first-order valence-electron chi connectivity index (χ1n) is 9.50. The van der Waals surface area contributed by atoms with Crippen LogP contribution in [0.15, 0.2) is 60.9 Å². The fourth-order valence-corrected chi connectivity index (χ4v) is 3.78. The molecule has 2 heterocycles. The highest BCUT2D eigenvalue weighted by atomic mass is 31.2. The molecule has 0 amide bonds. The SMILES string of the molecule is CCc1ccc(-c2ccc(CCCCP(=O)(O)O)nc2-c2ccncc2)cc1. The Balaban J connectivity index is 1.88. The van der Waals surface area contributed by atoms with E-state index in [1.165, 1.54) is 5.56 Å². The lowest BCUT2D eigenvalue weighted by Gasteiger charge is -2.12. The molecule has 0 radical (unpaired) electrons. The topological polar surface area (TPSA) is 83.3 Å². The summed E-state index contributed by atoms with van der Waals surface area (Å²) in [5.41, 5.74) is 6.30. The molecule has 28 heavy (non-hydrogen) atoms. The number of benzene rings is 1. The van der Waals surface area contributed by atoms with Crippen LogP contribution in [0, 0.1) is 0 Å². The molecule has 0 aliphatic heterocycles. The van der Waals surface area contributed by atoms with Gasteiger partial charge in [-0.1, -0.05) is 37.3 Å². The van der Waals surface area contributed by atoms with E-state index in [2.05, 4.69) is 42.2 Å². The Bertz CT molecular complexity index is 953. The Labute approximate surface area is 165 Å². The Morgan fingerprint density at radius 3 is 2.25 bits per heavy atom. The van der Waals surface area contributed by atoms with Gasteiger partial charge in [0.25, 0.3) is 0 Å². The second-order valence-electron chi connectivity index (χ2n) is 6.83. The van der Waals surface area contributed by atoms with Crippen LogP contribution in [0.5, 0.6) is 0 Å². The Morgan fingerprint density at radius 1 is 0.893 bits per heavy atom. The fraction of sp³-hybridized carbons (Fsp3) is 0.273. The summed E-state index contributed by atoms with van der Waals surface area (Å²) < 4.78 is 11.0. The van der Waals surface area contributed by atoms with E-state index in [1.54, 1.807) is 12.4 Å². The van der Waals surface area contributed by atoms with Crippen LogP contribution in [-0.4, -0.2) is 25.9 Å². The second kappa shape index (κ2) is 9.24. The summed E-state index contributed by atoms with van der Waals surface area (Å²) in [4.78, 5) is 27.0. The van der Waals surface area contributed by atoms with Crippen molar-refractivity contribution in [3.05, 3.63) is 72.2 Å². The van der Waals surface area contributed by atoms with E-state index in [9.17, 15) is 4.57 Å². The second-order valence-corrected chi connectivity index (χ2v) is 8.61. The van der Waals surface area contributed by atoms with Crippen LogP contribution in [0.3, 0.4) is 0 Å². The summed E-state index contributed by atoms with van der Waals surface area (Å²) in [6.07, 6.45) is 6.30. The summed E-state index contributed by atoms with van der Waals surface area (Å²) in [6.45, 7) is 2.14. The van der Waals surface area contributed by atoms with E-state index >= 15 is 0 Å². The lowest BCUT2D eigenvalue weighted by Crippen LogP contribution is -1.97. The summed E-state index contributed by atoms with van der Waals surface area (Å²) >= 11 is 0. The number of aryl methyl sites for hydroxylation is 2. The molecule has 0 fully saturated rings. The molecule has 0 aliphatic carbocycles. The zero-order valence-corrected chi connectivity index (χ0v) is 16.8. The lowest BCUT2D eigenvalue weighted by atomic mass is 9.97. The predicted octanol–water partition coefficient (Wildman–Crippen LogP) is 4.87. The van der Waals surface area contributed by atoms with Crippen molar-refractivity contribution < 1.29 is 14.4 Å². The number of aromatic nitrogens is 2. The van der Waals surface area contributed by atoms with Crippen molar-refractivity contribution in [1.29, 1.82) is 0 Å². The van der Waals surface area contributed by atoms with Crippen LogP contribution in [-0.2, 0) is 17.4 Å². The molecule has 0 saturated carbocycles. The Kier molecular flexibility index (Phi) is 6.74. The van der Waals surface area contributed by atoms with Crippen LogP contribution in [0.4, 0.5) is 0 Å². The number of unbranched alkanes of at least 4 members (excludes halogenated alkanes) is 1. The van der Waals surface area contributed by atoms with E-state index in [1.807, 2.05) is 18.2 Å². The van der Waals surface area contributed by atoms with Crippen molar-refractivity contribution in [2.24, 2.45) is 0 Å². The minimum absolute atomic E-state index is 0.0773. The molecule has 1 aromatic carbocycles. The van der Waals surface area contributed by atoms with Crippen molar-refractivity contribution in [3.63, 3.8) is 0 Å². The van der Waals surface area contributed by atoms with E-state index in [0.29, 0.717) is 19.3 Å². The number of pyridine rings is 2. The van der Waals surface area contributed by atoms with Gasteiger partial charge in [-0.2, -0.15) is 0 Å². The van der Waals surface area contributed by atoms with E-state index < -0.39 is 7.60 Å². The Morgan fingerprint density at radius 2 is 1.61 bits per heavy atom. The quantitative estimate of drug-likeness (QED) is 0.419. The van der Waals surface area contributed by atoms with Crippen molar-refractivity contribution in [1.82, 2.24) is 9.97 Å². The van der Waals surface area contributed by atoms with E-state index in [4.69, 9.17) is 14.8 Å². The van der Waals surface area contributed by atoms with E-state index in [-0.39, 0.29) is 6.16 Å². The molecule has 5 nitrogen and oxygen atoms in total. The molecule has 2 aromatic heterocycles. The minimum atomic E-state index is -3.93. The van der Waals surface area contributed by atoms with Crippen molar-refractivity contribution in [2.75, 3.05) is 6.16 Å². The highest BCUT2D eigenvalue weighted by molar-refractivity contribution is 7.51. The van der Waals surface area contributed by atoms with Crippen LogP contribution in [0.25, 0.3) is 22.4 Å². The molecule has 0 unspecified atom stereocenters. The van der Waals surface area contributed by atoms with Gasteiger partial charge in [-0.3, -0.25) is 14.5 Å². The molecular formula is C22H25N2O3P. The van der Waals surface area contributed by atoms with Crippen LogP contribution < -0.4 is 0 Å². The first-order chi connectivity index (χ1) is 13.5. The molecule has 3 aromatic rings. The maximum atomic E-state index is 11.0. The maximum absolute atomic E-state index is 11.0. The fourth-order valence-electron chi connectivity index (χ4n) is 3.15. The normalized spacial score (nSPS) is 11.5. The van der Waals surface area contributed by atoms with Crippen molar-refractivity contribution in [2.45, 2.75) is 32.6 Å².